The molecule has 110 valence electrons. The summed E-state index contributed by atoms with van der Waals surface area (Å²) in [4.78, 5) is 16.5. The van der Waals surface area contributed by atoms with Gasteiger partial charge in [0.25, 0.3) is 5.91 Å². The summed E-state index contributed by atoms with van der Waals surface area (Å²) in [6.45, 7) is 3.98. The molecular formula is C14H16BrN5O. The van der Waals surface area contributed by atoms with E-state index in [1.54, 1.807) is 18.2 Å². The standard InChI is InChI=1S/C14H16BrN5O/c1-3-11-12(4-2)19-20-14(17-11)18-13(21)9-6-5-8(15)7-10(9)16/h5-7H,3-4,16H2,1-2H3,(H,17,18,20,21). The molecule has 0 atom stereocenters. The average molecular weight is 350 g/mol. The van der Waals surface area contributed by atoms with Gasteiger partial charge in [-0.3, -0.25) is 10.1 Å². The van der Waals surface area contributed by atoms with Crippen LogP contribution >= 0.6 is 15.9 Å². The van der Waals surface area contributed by atoms with Crippen molar-refractivity contribution in [1.82, 2.24) is 15.2 Å². The Bertz CT molecular complexity index is 674. The zero-order valence-corrected chi connectivity index (χ0v) is 13.4. The minimum Gasteiger partial charge on any atom is -0.398 e. The molecule has 0 spiro atoms. The van der Waals surface area contributed by atoms with E-state index in [0.29, 0.717) is 11.3 Å². The molecule has 1 aromatic carbocycles. The quantitative estimate of drug-likeness (QED) is 0.827. The van der Waals surface area contributed by atoms with Gasteiger partial charge < -0.3 is 5.73 Å². The molecule has 0 fully saturated rings. The van der Waals surface area contributed by atoms with E-state index in [2.05, 4.69) is 36.4 Å². The summed E-state index contributed by atoms with van der Waals surface area (Å²) >= 11 is 3.30. The molecule has 0 unspecified atom stereocenters. The Morgan fingerprint density at radius 1 is 1.24 bits per heavy atom. The maximum atomic E-state index is 12.2. The summed E-state index contributed by atoms with van der Waals surface area (Å²) in [7, 11) is 0. The molecule has 3 N–H and O–H groups in total. The van der Waals surface area contributed by atoms with Crippen LogP contribution in [0.5, 0.6) is 0 Å². The molecule has 1 amide bonds. The third kappa shape index (κ3) is 3.55. The maximum Gasteiger partial charge on any atom is 0.260 e. The number of aromatic nitrogens is 3. The number of hydrogen-bond acceptors (Lipinski definition) is 5. The molecule has 0 aliphatic carbocycles. The molecule has 21 heavy (non-hydrogen) atoms. The molecule has 1 aromatic heterocycles. The number of benzene rings is 1. The van der Waals surface area contributed by atoms with Crippen molar-refractivity contribution in [3.05, 3.63) is 39.6 Å². The normalized spacial score (nSPS) is 10.4. The fourth-order valence-corrected chi connectivity index (χ4v) is 2.28. The molecule has 1 heterocycles. The molecule has 2 rings (SSSR count). The van der Waals surface area contributed by atoms with Crippen LogP contribution in [0, 0.1) is 0 Å². The van der Waals surface area contributed by atoms with Gasteiger partial charge in [-0.25, -0.2) is 4.98 Å². The number of anilines is 2. The summed E-state index contributed by atoms with van der Waals surface area (Å²) in [5.74, 6) is -0.163. The van der Waals surface area contributed by atoms with Crippen LogP contribution in [-0.2, 0) is 12.8 Å². The van der Waals surface area contributed by atoms with Crippen LogP contribution in [0.4, 0.5) is 11.6 Å². The summed E-state index contributed by atoms with van der Waals surface area (Å²) in [6, 6.07) is 5.07. The van der Waals surface area contributed by atoms with Crippen molar-refractivity contribution in [3.63, 3.8) is 0 Å². The second-order valence-electron chi connectivity index (χ2n) is 4.42. The lowest BCUT2D eigenvalue weighted by Gasteiger charge is -2.08. The van der Waals surface area contributed by atoms with Crippen LogP contribution in [-0.4, -0.2) is 21.1 Å². The molecular weight excluding hydrogens is 334 g/mol. The van der Waals surface area contributed by atoms with E-state index in [9.17, 15) is 4.79 Å². The van der Waals surface area contributed by atoms with Crippen molar-refractivity contribution in [2.45, 2.75) is 26.7 Å². The van der Waals surface area contributed by atoms with Crippen molar-refractivity contribution in [1.29, 1.82) is 0 Å². The van der Waals surface area contributed by atoms with Crippen LogP contribution < -0.4 is 11.1 Å². The van der Waals surface area contributed by atoms with Crippen LogP contribution in [0.3, 0.4) is 0 Å². The van der Waals surface area contributed by atoms with E-state index in [1.807, 2.05) is 13.8 Å². The van der Waals surface area contributed by atoms with Gasteiger partial charge in [-0.05, 0) is 31.0 Å². The van der Waals surface area contributed by atoms with Gasteiger partial charge >= 0.3 is 0 Å². The van der Waals surface area contributed by atoms with Gasteiger partial charge in [0.15, 0.2) is 0 Å². The highest BCUT2D eigenvalue weighted by atomic mass is 79.9. The third-order valence-corrected chi connectivity index (χ3v) is 3.49. The van der Waals surface area contributed by atoms with E-state index in [0.717, 1.165) is 28.7 Å². The van der Waals surface area contributed by atoms with Crippen molar-refractivity contribution < 1.29 is 4.79 Å². The number of carbonyl (C=O) groups excluding carboxylic acids is 1. The number of halogens is 1. The molecule has 0 radical (unpaired) electrons. The van der Waals surface area contributed by atoms with Crippen LogP contribution in [0.2, 0.25) is 0 Å². The van der Waals surface area contributed by atoms with E-state index < -0.39 is 0 Å². The lowest BCUT2D eigenvalue weighted by atomic mass is 10.2. The minimum atomic E-state index is -0.354. The zero-order chi connectivity index (χ0) is 15.4. The molecule has 7 heteroatoms. The average Bonchev–Trinajstić information content (AvgIpc) is 2.46. The first kappa shape index (κ1) is 15.4. The molecule has 2 aromatic rings. The smallest absolute Gasteiger partial charge is 0.260 e. The molecule has 0 aliphatic rings. The lowest BCUT2D eigenvalue weighted by molar-refractivity contribution is 0.102. The van der Waals surface area contributed by atoms with Crippen molar-refractivity contribution in [2.24, 2.45) is 0 Å². The van der Waals surface area contributed by atoms with Gasteiger partial charge in [-0.15, -0.1) is 10.2 Å². The lowest BCUT2D eigenvalue weighted by Crippen LogP contribution is -2.17. The van der Waals surface area contributed by atoms with Gasteiger partial charge in [-0.2, -0.15) is 0 Å². The SMILES string of the molecule is CCc1nnc(NC(=O)c2ccc(Br)cc2N)nc1CC. The number of carbonyl (C=O) groups is 1. The topological polar surface area (TPSA) is 93.8 Å². The van der Waals surface area contributed by atoms with E-state index >= 15 is 0 Å². The van der Waals surface area contributed by atoms with Gasteiger partial charge in [0.2, 0.25) is 5.95 Å². The number of amides is 1. The number of nitrogens with one attached hydrogen (secondary N) is 1. The van der Waals surface area contributed by atoms with E-state index in [-0.39, 0.29) is 11.9 Å². The number of hydrogen-bond donors (Lipinski definition) is 2. The Labute approximate surface area is 131 Å². The van der Waals surface area contributed by atoms with Crippen LogP contribution in [0.1, 0.15) is 35.6 Å². The van der Waals surface area contributed by atoms with Gasteiger partial charge in [0.05, 0.1) is 17.0 Å². The van der Waals surface area contributed by atoms with Gasteiger partial charge in [-0.1, -0.05) is 29.8 Å². The zero-order valence-electron chi connectivity index (χ0n) is 11.9. The fraction of sp³-hybridized carbons (Fsp3) is 0.286. The number of nitrogens with two attached hydrogens (primary N) is 1. The van der Waals surface area contributed by atoms with Crippen LogP contribution in [0.25, 0.3) is 0 Å². The highest BCUT2D eigenvalue weighted by Crippen LogP contribution is 2.19. The Morgan fingerprint density at radius 2 is 1.95 bits per heavy atom. The molecule has 6 nitrogen and oxygen atoms in total. The number of aryl methyl sites for hydroxylation is 2. The summed E-state index contributed by atoms with van der Waals surface area (Å²) in [6.07, 6.45) is 1.50. The fourth-order valence-electron chi connectivity index (χ4n) is 1.90. The van der Waals surface area contributed by atoms with Crippen molar-refractivity contribution >= 4 is 33.5 Å². The highest BCUT2D eigenvalue weighted by Gasteiger charge is 2.13. The minimum absolute atomic E-state index is 0.191. The summed E-state index contributed by atoms with van der Waals surface area (Å²) in [5, 5.41) is 10.6. The Balaban J connectivity index is 2.23. The number of nitrogen functional groups attached to an aromatic ring is 1. The van der Waals surface area contributed by atoms with E-state index in [1.165, 1.54) is 0 Å². The molecule has 0 aliphatic heterocycles. The predicted octanol–water partition coefficient (Wildman–Crippen LogP) is 2.59. The first-order chi connectivity index (χ1) is 10.0. The second-order valence-corrected chi connectivity index (χ2v) is 5.34. The Morgan fingerprint density at radius 3 is 2.57 bits per heavy atom. The molecule has 0 saturated heterocycles. The Kier molecular flexibility index (Phi) is 4.85. The van der Waals surface area contributed by atoms with Crippen molar-refractivity contribution in [3.8, 4) is 0 Å². The third-order valence-electron chi connectivity index (χ3n) is 2.99. The van der Waals surface area contributed by atoms with Crippen molar-refractivity contribution in [2.75, 3.05) is 11.1 Å². The predicted molar refractivity (Wildman–Crippen MR) is 85.1 cm³/mol. The second kappa shape index (κ2) is 6.62. The number of rotatable bonds is 4. The van der Waals surface area contributed by atoms with Crippen LogP contribution in [0.15, 0.2) is 22.7 Å². The van der Waals surface area contributed by atoms with Gasteiger partial charge in [0.1, 0.15) is 0 Å². The van der Waals surface area contributed by atoms with Gasteiger partial charge in [0, 0.05) is 10.2 Å². The molecule has 0 bridgehead atoms. The first-order valence-corrected chi connectivity index (χ1v) is 7.43. The van der Waals surface area contributed by atoms with E-state index in [4.69, 9.17) is 5.73 Å². The first-order valence-electron chi connectivity index (χ1n) is 6.64. The summed E-state index contributed by atoms with van der Waals surface area (Å²) in [5.41, 5.74) is 8.28. The molecule has 0 saturated carbocycles. The highest BCUT2D eigenvalue weighted by molar-refractivity contribution is 9.10. The largest absolute Gasteiger partial charge is 0.398 e. The monoisotopic (exact) mass is 349 g/mol. The maximum absolute atomic E-state index is 12.2. The Hall–Kier alpha value is -2.02. The number of nitrogens with zero attached hydrogens (tertiary/aromatic N) is 3. The summed E-state index contributed by atoms with van der Waals surface area (Å²) < 4.78 is 0.815.